The first-order chi connectivity index (χ1) is 20.1. The lowest BCUT2D eigenvalue weighted by Crippen LogP contribution is -2.50. The molecule has 0 amide bonds. The quantitative estimate of drug-likeness (QED) is 0.244. The zero-order valence-corrected chi connectivity index (χ0v) is 24.3. The number of aryl methyl sites for hydroxylation is 1. The highest BCUT2D eigenvalue weighted by atomic mass is 35.5. The fraction of sp³-hybridized carbons (Fsp3) is 0.310. The number of pyridine rings is 1. The molecule has 220 valence electrons. The van der Waals surface area contributed by atoms with Gasteiger partial charge in [-0.15, -0.1) is 0 Å². The van der Waals surface area contributed by atoms with Crippen LogP contribution in [0.25, 0.3) is 27.7 Å². The third kappa shape index (κ3) is 5.35. The van der Waals surface area contributed by atoms with Crippen LogP contribution >= 0.6 is 11.6 Å². The Morgan fingerprint density at radius 1 is 1.14 bits per heavy atom. The smallest absolute Gasteiger partial charge is 0.264 e. The zero-order chi connectivity index (χ0) is 29.6. The molecule has 4 N–H and O–H groups in total. The van der Waals surface area contributed by atoms with Crippen LogP contribution in [0.3, 0.4) is 0 Å². The number of halogens is 3. The fourth-order valence-corrected chi connectivity index (χ4v) is 6.84. The number of sulfonamides is 1. The van der Waals surface area contributed by atoms with Crippen molar-refractivity contribution in [3.05, 3.63) is 70.9 Å². The van der Waals surface area contributed by atoms with Crippen LogP contribution in [0.15, 0.2) is 53.6 Å². The van der Waals surface area contributed by atoms with Crippen LogP contribution in [0.4, 0.5) is 20.3 Å². The second-order valence-corrected chi connectivity index (χ2v) is 12.5. The first-order valence-corrected chi connectivity index (χ1v) is 15.5. The number of rotatable bonds is 8. The van der Waals surface area contributed by atoms with Crippen molar-refractivity contribution < 1.29 is 21.9 Å². The lowest BCUT2D eigenvalue weighted by atomic mass is 9.89. The second kappa shape index (κ2) is 11.3. The van der Waals surface area contributed by atoms with Crippen LogP contribution in [0, 0.1) is 11.6 Å². The Balaban J connectivity index is 1.33. The van der Waals surface area contributed by atoms with E-state index in [0.29, 0.717) is 35.3 Å². The SMILES string of the molecule is CCn1nc(-c2ccc(NS(=O)(=O)c3cc(Cl)ccc3F)c(F)c2)c2c(N)ncc(C3=CCC(NC4COC4)CC3)c21. The number of hydrogen-bond donors (Lipinski definition) is 3. The topological polar surface area (TPSA) is 124 Å². The Kier molecular flexibility index (Phi) is 7.64. The molecular weight excluding hydrogens is 586 g/mol. The lowest BCUT2D eigenvalue weighted by molar-refractivity contribution is -0.0103. The summed E-state index contributed by atoms with van der Waals surface area (Å²) in [4.78, 5) is 3.78. The zero-order valence-electron chi connectivity index (χ0n) is 22.7. The number of fused-ring (bicyclic) bond motifs is 1. The van der Waals surface area contributed by atoms with Gasteiger partial charge >= 0.3 is 0 Å². The molecule has 1 atom stereocenters. The van der Waals surface area contributed by atoms with Gasteiger partial charge in [0, 0.05) is 34.9 Å². The van der Waals surface area contributed by atoms with Crippen molar-refractivity contribution >= 4 is 49.6 Å². The van der Waals surface area contributed by atoms with Gasteiger partial charge in [0.1, 0.15) is 28.0 Å². The van der Waals surface area contributed by atoms with Gasteiger partial charge in [-0.25, -0.2) is 22.2 Å². The molecule has 2 aliphatic rings. The number of allylic oxidation sites excluding steroid dienone is 1. The van der Waals surface area contributed by atoms with E-state index in [4.69, 9.17) is 27.2 Å². The minimum atomic E-state index is -4.45. The molecule has 3 heterocycles. The summed E-state index contributed by atoms with van der Waals surface area (Å²) in [7, 11) is -4.45. The van der Waals surface area contributed by atoms with Gasteiger partial charge in [0.05, 0.1) is 35.8 Å². The van der Waals surface area contributed by atoms with E-state index in [2.05, 4.69) is 21.1 Å². The maximum absolute atomic E-state index is 15.3. The van der Waals surface area contributed by atoms with Gasteiger partial charge in [-0.1, -0.05) is 23.7 Å². The summed E-state index contributed by atoms with van der Waals surface area (Å²) in [6.07, 6.45) is 6.70. The van der Waals surface area contributed by atoms with Gasteiger partial charge in [-0.05, 0) is 62.1 Å². The normalized spacial score (nSPS) is 17.7. The van der Waals surface area contributed by atoms with Crippen molar-refractivity contribution in [2.24, 2.45) is 0 Å². The van der Waals surface area contributed by atoms with Crippen molar-refractivity contribution in [3.8, 4) is 11.3 Å². The summed E-state index contributed by atoms with van der Waals surface area (Å²) >= 11 is 5.85. The van der Waals surface area contributed by atoms with E-state index < -0.39 is 26.6 Å². The van der Waals surface area contributed by atoms with Crippen LogP contribution in [0.2, 0.25) is 5.02 Å². The van der Waals surface area contributed by atoms with E-state index in [1.807, 2.05) is 11.6 Å². The molecule has 9 nitrogen and oxygen atoms in total. The van der Waals surface area contributed by atoms with E-state index in [1.54, 1.807) is 6.20 Å². The highest BCUT2D eigenvalue weighted by molar-refractivity contribution is 7.92. The molecule has 1 saturated heterocycles. The average Bonchev–Trinajstić information content (AvgIpc) is 3.34. The largest absolute Gasteiger partial charge is 0.383 e. The molecule has 1 fully saturated rings. The summed E-state index contributed by atoms with van der Waals surface area (Å²) in [6, 6.07) is 7.88. The van der Waals surface area contributed by atoms with Crippen LogP contribution in [0.1, 0.15) is 31.7 Å². The van der Waals surface area contributed by atoms with Gasteiger partial charge in [-0.2, -0.15) is 5.10 Å². The Bertz CT molecular complexity index is 1820. The predicted molar refractivity (Wildman–Crippen MR) is 159 cm³/mol. The monoisotopic (exact) mass is 614 g/mol. The molecule has 2 aromatic heterocycles. The number of benzene rings is 2. The van der Waals surface area contributed by atoms with E-state index in [0.717, 1.165) is 61.3 Å². The van der Waals surface area contributed by atoms with Crippen molar-refractivity contribution in [3.63, 3.8) is 0 Å². The van der Waals surface area contributed by atoms with Crippen molar-refractivity contribution in [2.45, 2.75) is 49.7 Å². The van der Waals surface area contributed by atoms with E-state index in [-0.39, 0.29) is 16.5 Å². The molecule has 0 saturated carbocycles. The summed E-state index contributed by atoms with van der Waals surface area (Å²) in [6.45, 7) is 4.00. The van der Waals surface area contributed by atoms with Crippen LogP contribution in [-0.4, -0.2) is 48.5 Å². The van der Waals surface area contributed by atoms with Gasteiger partial charge in [0.15, 0.2) is 0 Å². The molecule has 0 spiro atoms. The molecule has 1 unspecified atom stereocenters. The van der Waals surface area contributed by atoms with Gasteiger partial charge < -0.3 is 15.8 Å². The summed E-state index contributed by atoms with van der Waals surface area (Å²) in [5.74, 6) is -1.62. The fourth-order valence-electron chi connectivity index (χ4n) is 5.43. The van der Waals surface area contributed by atoms with Gasteiger partial charge in [-0.3, -0.25) is 9.40 Å². The Hall–Kier alpha value is -3.58. The van der Waals surface area contributed by atoms with E-state index in [9.17, 15) is 12.8 Å². The maximum Gasteiger partial charge on any atom is 0.264 e. The van der Waals surface area contributed by atoms with Crippen LogP contribution in [-0.2, 0) is 21.3 Å². The number of nitrogens with one attached hydrogen (secondary N) is 2. The number of ether oxygens (including phenoxy) is 1. The molecule has 4 aromatic rings. The third-order valence-electron chi connectivity index (χ3n) is 7.63. The minimum absolute atomic E-state index is 0.0285. The molecule has 1 aliphatic carbocycles. The Morgan fingerprint density at radius 2 is 1.95 bits per heavy atom. The van der Waals surface area contributed by atoms with Crippen LogP contribution in [0.5, 0.6) is 0 Å². The molecular formula is C29H29ClF2N6O3S. The molecule has 42 heavy (non-hydrogen) atoms. The molecule has 0 bridgehead atoms. The molecule has 6 rings (SSSR count). The standard InChI is InChI=1S/C29H29ClF2N6O3S/c1-2-38-28-21(16-3-7-19(8-4-16)35-20-14-41-15-20)13-34-29(33)26(28)27(36-38)17-5-10-24(23(32)11-17)37-42(39,40)25-12-18(30)6-9-22(25)31/h3,5-6,9-13,19-20,35,37H,2,4,7-8,14-15H2,1H3,(H2,33,34). The number of aromatic nitrogens is 3. The number of anilines is 2. The maximum atomic E-state index is 15.3. The highest BCUT2D eigenvalue weighted by Crippen LogP contribution is 2.39. The van der Waals surface area contributed by atoms with E-state index in [1.165, 1.54) is 24.3 Å². The number of nitrogen functional groups attached to an aromatic ring is 1. The summed E-state index contributed by atoms with van der Waals surface area (Å²) in [5.41, 5.74) is 9.72. The van der Waals surface area contributed by atoms with E-state index >= 15 is 4.39 Å². The third-order valence-corrected chi connectivity index (χ3v) is 9.25. The van der Waals surface area contributed by atoms with Crippen molar-refractivity contribution in [1.82, 2.24) is 20.1 Å². The number of nitrogens with two attached hydrogens (primary N) is 1. The van der Waals surface area contributed by atoms with Crippen molar-refractivity contribution in [1.29, 1.82) is 0 Å². The highest BCUT2D eigenvalue weighted by Gasteiger charge is 2.27. The number of nitrogens with zero attached hydrogens (tertiary/aromatic N) is 3. The van der Waals surface area contributed by atoms with Crippen LogP contribution < -0.4 is 15.8 Å². The Labute approximate surface area is 246 Å². The second-order valence-electron chi connectivity index (χ2n) is 10.4. The first kappa shape index (κ1) is 28.5. The minimum Gasteiger partial charge on any atom is -0.383 e. The molecule has 0 radical (unpaired) electrons. The molecule has 2 aromatic carbocycles. The molecule has 13 heteroatoms. The van der Waals surface area contributed by atoms with Gasteiger partial charge in [0.2, 0.25) is 0 Å². The molecule has 1 aliphatic heterocycles. The first-order valence-electron chi connectivity index (χ1n) is 13.6. The lowest BCUT2D eigenvalue weighted by Gasteiger charge is -2.33. The van der Waals surface area contributed by atoms with Crippen molar-refractivity contribution in [2.75, 3.05) is 23.7 Å². The average molecular weight is 615 g/mol. The predicted octanol–water partition coefficient (Wildman–Crippen LogP) is 5.36. The summed E-state index contributed by atoms with van der Waals surface area (Å²) < 4.78 is 64.3. The van der Waals surface area contributed by atoms with Gasteiger partial charge in [0.25, 0.3) is 10.0 Å². The number of hydrogen-bond acceptors (Lipinski definition) is 7. The summed E-state index contributed by atoms with van der Waals surface area (Å²) in [5, 5.41) is 9.01. The Morgan fingerprint density at radius 3 is 2.62 bits per heavy atom.